The third kappa shape index (κ3) is 3.20. The van der Waals surface area contributed by atoms with Crippen LogP contribution in [0.1, 0.15) is 29.6 Å². The van der Waals surface area contributed by atoms with Crippen molar-refractivity contribution in [3.63, 3.8) is 0 Å². The molecule has 1 aliphatic rings. The second kappa shape index (κ2) is 6.37. The Morgan fingerprint density at radius 3 is 2.84 bits per heavy atom. The van der Waals surface area contributed by atoms with E-state index in [1.54, 1.807) is 0 Å². The molecule has 3 nitrogen and oxygen atoms in total. The van der Waals surface area contributed by atoms with Gasteiger partial charge in [-0.15, -0.1) is 0 Å². The number of hydrogen-bond donors (Lipinski definition) is 1. The molecule has 1 saturated carbocycles. The van der Waals surface area contributed by atoms with Gasteiger partial charge < -0.3 is 10.6 Å². The first-order valence-corrected chi connectivity index (χ1v) is 8.05. The Balaban J connectivity index is 2.21. The van der Waals surface area contributed by atoms with Crippen molar-refractivity contribution in [2.45, 2.75) is 25.3 Å². The number of hydrogen-bond acceptors (Lipinski definition) is 2. The molecular formula is C14H18Br2N2O. The Morgan fingerprint density at radius 2 is 2.16 bits per heavy atom. The number of amides is 1. The molecule has 2 N–H and O–H groups in total. The molecule has 0 aliphatic heterocycles. The highest BCUT2D eigenvalue weighted by atomic mass is 79.9. The zero-order chi connectivity index (χ0) is 14.0. The maximum atomic E-state index is 12.6. The Hall–Kier alpha value is -0.390. The van der Waals surface area contributed by atoms with Crippen LogP contribution in [0.3, 0.4) is 0 Å². The molecule has 0 heterocycles. The lowest BCUT2D eigenvalue weighted by Crippen LogP contribution is -2.41. The first-order valence-electron chi connectivity index (χ1n) is 6.47. The van der Waals surface area contributed by atoms with E-state index in [1.807, 2.05) is 30.1 Å². The summed E-state index contributed by atoms with van der Waals surface area (Å²) in [6.07, 6.45) is 3.33. The van der Waals surface area contributed by atoms with Crippen molar-refractivity contribution in [1.82, 2.24) is 4.90 Å². The molecule has 1 aromatic rings. The lowest BCUT2D eigenvalue weighted by Gasteiger charge is -2.29. The van der Waals surface area contributed by atoms with Crippen LogP contribution in [0.25, 0.3) is 0 Å². The molecule has 1 fully saturated rings. The van der Waals surface area contributed by atoms with E-state index < -0.39 is 0 Å². The van der Waals surface area contributed by atoms with Gasteiger partial charge in [-0.1, -0.05) is 22.4 Å². The molecular weight excluding hydrogens is 372 g/mol. The standard InChI is InChI=1S/C14H18Br2N2O/c1-18(13-4-2-3-9(13)8-17)14(19)11-7-10(15)5-6-12(11)16/h5-7,9,13H,2-4,8,17H2,1H3. The fraction of sp³-hybridized carbons (Fsp3) is 0.500. The summed E-state index contributed by atoms with van der Waals surface area (Å²) in [5.74, 6) is 0.485. The van der Waals surface area contributed by atoms with E-state index in [0.29, 0.717) is 18.0 Å². The average molecular weight is 390 g/mol. The molecule has 2 unspecified atom stereocenters. The number of carbonyl (C=O) groups excluding carboxylic acids is 1. The van der Waals surface area contributed by atoms with Crippen LogP contribution in [-0.2, 0) is 0 Å². The quantitative estimate of drug-likeness (QED) is 0.860. The highest BCUT2D eigenvalue weighted by Crippen LogP contribution is 2.31. The fourth-order valence-electron chi connectivity index (χ4n) is 2.80. The number of benzene rings is 1. The second-order valence-corrected chi connectivity index (χ2v) is 6.80. The third-order valence-corrected chi connectivity index (χ3v) is 5.08. The molecule has 104 valence electrons. The van der Waals surface area contributed by atoms with Gasteiger partial charge >= 0.3 is 0 Å². The molecule has 0 spiro atoms. The van der Waals surface area contributed by atoms with Gasteiger partial charge in [0.2, 0.25) is 0 Å². The highest BCUT2D eigenvalue weighted by molar-refractivity contribution is 9.11. The van der Waals surface area contributed by atoms with Gasteiger partial charge in [-0.25, -0.2) is 0 Å². The second-order valence-electron chi connectivity index (χ2n) is 5.03. The molecule has 0 saturated heterocycles. The number of rotatable bonds is 3. The van der Waals surface area contributed by atoms with Crippen molar-refractivity contribution in [2.75, 3.05) is 13.6 Å². The van der Waals surface area contributed by atoms with E-state index in [0.717, 1.165) is 28.2 Å². The zero-order valence-electron chi connectivity index (χ0n) is 10.9. The van der Waals surface area contributed by atoms with Gasteiger partial charge in [-0.2, -0.15) is 0 Å². The van der Waals surface area contributed by atoms with Crippen LogP contribution < -0.4 is 5.73 Å². The van der Waals surface area contributed by atoms with Crippen molar-refractivity contribution < 1.29 is 4.79 Å². The Bertz CT molecular complexity index is 479. The van der Waals surface area contributed by atoms with Crippen LogP contribution >= 0.6 is 31.9 Å². The zero-order valence-corrected chi connectivity index (χ0v) is 14.1. The number of carbonyl (C=O) groups is 1. The summed E-state index contributed by atoms with van der Waals surface area (Å²) in [5, 5.41) is 0. The molecule has 5 heteroatoms. The maximum Gasteiger partial charge on any atom is 0.255 e. The van der Waals surface area contributed by atoms with E-state index in [4.69, 9.17) is 5.73 Å². The van der Waals surface area contributed by atoms with Crippen molar-refractivity contribution >= 4 is 37.8 Å². The lowest BCUT2D eigenvalue weighted by atomic mass is 10.0. The van der Waals surface area contributed by atoms with Crippen LogP contribution in [0.2, 0.25) is 0 Å². The van der Waals surface area contributed by atoms with Crippen molar-refractivity contribution in [3.8, 4) is 0 Å². The van der Waals surface area contributed by atoms with Crippen LogP contribution in [-0.4, -0.2) is 30.4 Å². The lowest BCUT2D eigenvalue weighted by molar-refractivity contribution is 0.0699. The summed E-state index contributed by atoms with van der Waals surface area (Å²) in [7, 11) is 1.88. The summed E-state index contributed by atoms with van der Waals surface area (Å²) in [4.78, 5) is 14.5. The molecule has 19 heavy (non-hydrogen) atoms. The molecule has 2 rings (SSSR count). The normalized spacial score (nSPS) is 22.5. The van der Waals surface area contributed by atoms with E-state index >= 15 is 0 Å². The van der Waals surface area contributed by atoms with Crippen LogP contribution in [0.5, 0.6) is 0 Å². The Kier molecular flexibility index (Phi) is 5.03. The van der Waals surface area contributed by atoms with Gasteiger partial charge in [-0.3, -0.25) is 4.79 Å². The molecule has 2 atom stereocenters. The van der Waals surface area contributed by atoms with Gasteiger partial charge in [0, 0.05) is 22.0 Å². The van der Waals surface area contributed by atoms with Gasteiger partial charge in [0.25, 0.3) is 5.91 Å². The third-order valence-electron chi connectivity index (χ3n) is 3.90. The summed E-state index contributed by atoms with van der Waals surface area (Å²) in [5.41, 5.74) is 6.49. The predicted molar refractivity (Wildman–Crippen MR) is 84.1 cm³/mol. The molecule has 1 aliphatic carbocycles. The Morgan fingerprint density at radius 1 is 1.42 bits per heavy atom. The number of halogens is 2. The maximum absolute atomic E-state index is 12.6. The topological polar surface area (TPSA) is 46.3 Å². The number of nitrogens with zero attached hydrogens (tertiary/aromatic N) is 1. The van der Waals surface area contributed by atoms with E-state index in [2.05, 4.69) is 31.9 Å². The van der Waals surface area contributed by atoms with Crippen LogP contribution in [0.4, 0.5) is 0 Å². The van der Waals surface area contributed by atoms with E-state index in [1.165, 1.54) is 0 Å². The van der Waals surface area contributed by atoms with E-state index in [9.17, 15) is 4.79 Å². The minimum Gasteiger partial charge on any atom is -0.338 e. The van der Waals surface area contributed by atoms with Gasteiger partial charge in [-0.05, 0) is 59.4 Å². The first kappa shape index (κ1) is 15.0. The van der Waals surface area contributed by atoms with Crippen molar-refractivity contribution in [3.05, 3.63) is 32.7 Å². The van der Waals surface area contributed by atoms with Crippen LogP contribution in [0.15, 0.2) is 27.1 Å². The SMILES string of the molecule is CN(C(=O)c1cc(Br)ccc1Br)C1CCCC1CN. The minimum absolute atomic E-state index is 0.0542. The van der Waals surface area contributed by atoms with E-state index in [-0.39, 0.29) is 11.9 Å². The minimum atomic E-state index is 0.0542. The van der Waals surface area contributed by atoms with Crippen molar-refractivity contribution in [1.29, 1.82) is 0 Å². The van der Waals surface area contributed by atoms with Crippen LogP contribution in [0, 0.1) is 5.92 Å². The van der Waals surface area contributed by atoms with Gasteiger partial charge in [0.15, 0.2) is 0 Å². The smallest absolute Gasteiger partial charge is 0.255 e. The summed E-state index contributed by atoms with van der Waals surface area (Å²) in [6, 6.07) is 5.93. The summed E-state index contributed by atoms with van der Waals surface area (Å²) < 4.78 is 1.74. The number of nitrogens with two attached hydrogens (primary N) is 1. The largest absolute Gasteiger partial charge is 0.338 e. The molecule has 1 aromatic carbocycles. The Labute approximate surface area is 130 Å². The monoisotopic (exact) mass is 388 g/mol. The first-order chi connectivity index (χ1) is 9.04. The van der Waals surface area contributed by atoms with Gasteiger partial charge in [0.05, 0.1) is 5.56 Å². The molecule has 0 radical (unpaired) electrons. The average Bonchev–Trinajstić information content (AvgIpc) is 2.88. The summed E-state index contributed by atoms with van der Waals surface area (Å²) >= 11 is 6.86. The van der Waals surface area contributed by atoms with Gasteiger partial charge in [0.1, 0.15) is 0 Å². The predicted octanol–water partition coefficient (Wildman–Crippen LogP) is 3.41. The highest BCUT2D eigenvalue weighted by Gasteiger charge is 2.32. The molecule has 0 bridgehead atoms. The molecule has 0 aromatic heterocycles. The van der Waals surface area contributed by atoms with Crippen molar-refractivity contribution in [2.24, 2.45) is 11.7 Å². The molecule has 1 amide bonds. The summed E-state index contributed by atoms with van der Waals surface area (Å²) in [6.45, 7) is 0.655. The fourth-order valence-corrected chi connectivity index (χ4v) is 3.58.